The Bertz CT molecular complexity index is 592. The third-order valence-electron chi connectivity index (χ3n) is 3.16. The monoisotopic (exact) mass is 265 g/mol. The summed E-state index contributed by atoms with van der Waals surface area (Å²) < 4.78 is 22.9. The first-order valence-corrected chi connectivity index (χ1v) is 7.55. The standard InChI is InChI=1S/C12H15N3O2S/c1-12(3-5-18(16,17)9-12)15-8-10-2-4-14-11(6-10)7-13/h2,4,6,15H,3,5,8-9H2,1H3. The number of rotatable bonds is 3. The molecule has 1 N–H and O–H groups in total. The van der Waals surface area contributed by atoms with Crippen LogP contribution in [0.3, 0.4) is 0 Å². The van der Waals surface area contributed by atoms with Crippen LogP contribution >= 0.6 is 0 Å². The molecule has 0 aromatic carbocycles. The molecule has 1 atom stereocenters. The zero-order valence-corrected chi connectivity index (χ0v) is 11.0. The first-order chi connectivity index (χ1) is 8.42. The highest BCUT2D eigenvalue weighted by molar-refractivity contribution is 7.91. The van der Waals surface area contributed by atoms with Crippen LogP contribution in [0.5, 0.6) is 0 Å². The highest BCUT2D eigenvalue weighted by Gasteiger charge is 2.37. The van der Waals surface area contributed by atoms with Crippen LogP contribution in [-0.4, -0.2) is 30.4 Å². The van der Waals surface area contributed by atoms with Crippen molar-refractivity contribution in [3.63, 3.8) is 0 Å². The Hall–Kier alpha value is -1.45. The fraction of sp³-hybridized carbons (Fsp3) is 0.500. The predicted molar refractivity (Wildman–Crippen MR) is 67.5 cm³/mol. The van der Waals surface area contributed by atoms with Crippen molar-refractivity contribution in [2.75, 3.05) is 11.5 Å². The van der Waals surface area contributed by atoms with E-state index in [0.717, 1.165) is 5.56 Å². The Morgan fingerprint density at radius 3 is 3.00 bits per heavy atom. The second kappa shape index (κ2) is 4.67. The molecule has 1 aromatic heterocycles. The van der Waals surface area contributed by atoms with Gasteiger partial charge in [0.2, 0.25) is 0 Å². The number of hydrogen-bond donors (Lipinski definition) is 1. The third kappa shape index (κ3) is 3.06. The van der Waals surface area contributed by atoms with Gasteiger partial charge in [-0.2, -0.15) is 5.26 Å². The molecule has 0 amide bonds. The molecule has 0 radical (unpaired) electrons. The van der Waals surface area contributed by atoms with Gasteiger partial charge in [0.25, 0.3) is 0 Å². The summed E-state index contributed by atoms with van der Waals surface area (Å²) in [6.45, 7) is 2.47. The lowest BCUT2D eigenvalue weighted by atomic mass is 10.0. The summed E-state index contributed by atoms with van der Waals surface area (Å²) in [6, 6.07) is 5.51. The van der Waals surface area contributed by atoms with Crippen molar-refractivity contribution in [2.45, 2.75) is 25.4 Å². The molecule has 96 valence electrons. The molecule has 6 heteroatoms. The van der Waals surface area contributed by atoms with Crippen molar-refractivity contribution >= 4 is 9.84 Å². The highest BCUT2D eigenvalue weighted by atomic mass is 32.2. The SMILES string of the molecule is CC1(NCc2ccnc(C#N)c2)CCS(=O)(=O)C1. The molecule has 1 aliphatic heterocycles. The smallest absolute Gasteiger partial charge is 0.152 e. The zero-order valence-electron chi connectivity index (χ0n) is 10.2. The molecule has 1 saturated heterocycles. The van der Waals surface area contributed by atoms with Crippen molar-refractivity contribution in [3.05, 3.63) is 29.6 Å². The van der Waals surface area contributed by atoms with Crippen LogP contribution in [0.1, 0.15) is 24.6 Å². The van der Waals surface area contributed by atoms with Crippen LogP contribution in [0, 0.1) is 11.3 Å². The molecule has 1 unspecified atom stereocenters. The van der Waals surface area contributed by atoms with Crippen molar-refractivity contribution in [1.82, 2.24) is 10.3 Å². The van der Waals surface area contributed by atoms with Crippen LogP contribution in [0.2, 0.25) is 0 Å². The van der Waals surface area contributed by atoms with E-state index in [-0.39, 0.29) is 17.0 Å². The Morgan fingerprint density at radius 1 is 1.61 bits per heavy atom. The molecule has 2 heterocycles. The summed E-state index contributed by atoms with van der Waals surface area (Å²) in [5.74, 6) is 0.423. The van der Waals surface area contributed by atoms with E-state index in [4.69, 9.17) is 5.26 Å². The number of hydrogen-bond acceptors (Lipinski definition) is 5. The van der Waals surface area contributed by atoms with Gasteiger partial charge >= 0.3 is 0 Å². The van der Waals surface area contributed by atoms with E-state index in [2.05, 4.69) is 10.3 Å². The number of nitriles is 1. The summed E-state index contributed by atoms with van der Waals surface area (Å²) in [4.78, 5) is 3.89. The highest BCUT2D eigenvalue weighted by Crippen LogP contribution is 2.23. The van der Waals surface area contributed by atoms with Crippen LogP contribution < -0.4 is 5.32 Å². The fourth-order valence-electron chi connectivity index (χ4n) is 2.11. The first-order valence-electron chi connectivity index (χ1n) is 5.73. The van der Waals surface area contributed by atoms with Gasteiger partial charge in [-0.05, 0) is 31.0 Å². The summed E-state index contributed by atoms with van der Waals surface area (Å²) in [5, 5.41) is 12.0. The number of pyridine rings is 1. The summed E-state index contributed by atoms with van der Waals surface area (Å²) in [6.07, 6.45) is 2.22. The summed E-state index contributed by atoms with van der Waals surface area (Å²) in [5.41, 5.74) is 0.945. The van der Waals surface area contributed by atoms with Gasteiger partial charge in [0, 0.05) is 18.3 Å². The molecule has 1 aliphatic rings. The molecule has 5 nitrogen and oxygen atoms in total. The second-order valence-electron chi connectivity index (χ2n) is 4.92. The first kappa shape index (κ1) is 13.0. The van der Waals surface area contributed by atoms with Crippen LogP contribution in [0.4, 0.5) is 0 Å². The van der Waals surface area contributed by atoms with Crippen LogP contribution in [-0.2, 0) is 16.4 Å². The van der Waals surface area contributed by atoms with Gasteiger partial charge in [0.15, 0.2) is 9.84 Å². The molecule has 0 saturated carbocycles. The topological polar surface area (TPSA) is 82.8 Å². The van der Waals surface area contributed by atoms with Crippen molar-refractivity contribution in [2.24, 2.45) is 0 Å². The normalized spacial score (nSPS) is 25.8. The van der Waals surface area contributed by atoms with Gasteiger partial charge in [0.05, 0.1) is 11.5 Å². The maximum absolute atomic E-state index is 11.5. The van der Waals surface area contributed by atoms with Gasteiger partial charge in [-0.3, -0.25) is 0 Å². The third-order valence-corrected chi connectivity index (χ3v) is 5.06. The van der Waals surface area contributed by atoms with Gasteiger partial charge in [0.1, 0.15) is 11.8 Å². The molecule has 0 bridgehead atoms. The Balaban J connectivity index is 2.02. The lowest BCUT2D eigenvalue weighted by Gasteiger charge is -2.23. The molecule has 18 heavy (non-hydrogen) atoms. The largest absolute Gasteiger partial charge is 0.306 e. The maximum Gasteiger partial charge on any atom is 0.152 e. The summed E-state index contributed by atoms with van der Waals surface area (Å²) in [7, 11) is -2.90. The molecular weight excluding hydrogens is 250 g/mol. The van der Waals surface area contributed by atoms with E-state index >= 15 is 0 Å². The molecule has 1 aromatic rings. The van der Waals surface area contributed by atoms with Gasteiger partial charge in [-0.1, -0.05) is 0 Å². The van der Waals surface area contributed by atoms with E-state index < -0.39 is 9.84 Å². The molecule has 0 spiro atoms. The predicted octanol–water partition coefficient (Wildman–Crippen LogP) is 0.620. The van der Waals surface area contributed by atoms with E-state index in [1.165, 1.54) is 0 Å². The average Bonchev–Trinajstić information content (AvgIpc) is 2.62. The number of aromatic nitrogens is 1. The van der Waals surface area contributed by atoms with E-state index in [0.29, 0.717) is 18.7 Å². The lowest BCUT2D eigenvalue weighted by Crippen LogP contribution is -2.42. The Kier molecular flexibility index (Phi) is 3.37. The average molecular weight is 265 g/mol. The van der Waals surface area contributed by atoms with Crippen molar-refractivity contribution in [3.8, 4) is 6.07 Å². The quantitative estimate of drug-likeness (QED) is 0.866. The van der Waals surface area contributed by atoms with Gasteiger partial charge in [-0.15, -0.1) is 0 Å². The number of sulfone groups is 1. The van der Waals surface area contributed by atoms with Gasteiger partial charge < -0.3 is 5.32 Å². The van der Waals surface area contributed by atoms with Crippen LogP contribution in [0.25, 0.3) is 0 Å². The van der Waals surface area contributed by atoms with Crippen LogP contribution in [0.15, 0.2) is 18.3 Å². The van der Waals surface area contributed by atoms with E-state index in [1.807, 2.05) is 19.1 Å². The minimum absolute atomic E-state index is 0.177. The number of nitrogens with zero attached hydrogens (tertiary/aromatic N) is 2. The van der Waals surface area contributed by atoms with Crippen molar-refractivity contribution < 1.29 is 8.42 Å². The lowest BCUT2D eigenvalue weighted by molar-refractivity contribution is 0.395. The minimum atomic E-state index is -2.90. The molecular formula is C12H15N3O2S. The second-order valence-corrected chi connectivity index (χ2v) is 7.10. The van der Waals surface area contributed by atoms with Gasteiger partial charge in [-0.25, -0.2) is 13.4 Å². The summed E-state index contributed by atoms with van der Waals surface area (Å²) >= 11 is 0. The molecule has 0 aliphatic carbocycles. The van der Waals surface area contributed by atoms with Crippen molar-refractivity contribution in [1.29, 1.82) is 5.26 Å². The number of nitrogens with one attached hydrogen (secondary N) is 1. The maximum atomic E-state index is 11.5. The Labute approximate surface area is 107 Å². The van der Waals surface area contributed by atoms with E-state index in [9.17, 15) is 8.42 Å². The Morgan fingerprint density at radius 2 is 2.39 bits per heavy atom. The zero-order chi connectivity index (χ0) is 13.2. The fourth-order valence-corrected chi connectivity index (χ4v) is 4.23. The van der Waals surface area contributed by atoms with E-state index in [1.54, 1.807) is 12.3 Å². The molecule has 2 rings (SSSR count). The minimum Gasteiger partial charge on any atom is -0.306 e. The molecule has 1 fully saturated rings.